The lowest BCUT2D eigenvalue weighted by molar-refractivity contribution is 0.306. The Morgan fingerprint density at radius 3 is 2.30 bits per heavy atom. The molecule has 0 atom stereocenters. The van der Waals surface area contributed by atoms with Gasteiger partial charge in [-0.2, -0.15) is 9.78 Å². The molecule has 0 aliphatic heterocycles. The Hall–Kier alpha value is -3.73. The standard InChI is InChI=1S/C22H18N4O/c1-3-7-19(8-4-1)16-27-21-13-11-18(12-14-21)15-24-26-17-23-25-22(26)20-9-5-2-6-10-20/h1-15,17H,16H2/b24-15-. The smallest absolute Gasteiger partial charge is 0.184 e. The van der Waals surface area contributed by atoms with Crippen LogP contribution in [-0.2, 0) is 6.61 Å². The van der Waals surface area contributed by atoms with Gasteiger partial charge in [0.2, 0.25) is 0 Å². The quantitative estimate of drug-likeness (QED) is 0.482. The molecule has 0 amide bonds. The van der Waals surface area contributed by atoms with E-state index in [9.17, 15) is 0 Å². The summed E-state index contributed by atoms with van der Waals surface area (Å²) in [7, 11) is 0. The molecule has 0 radical (unpaired) electrons. The fraction of sp³-hybridized carbons (Fsp3) is 0.0455. The summed E-state index contributed by atoms with van der Waals surface area (Å²) in [5.41, 5.74) is 3.08. The van der Waals surface area contributed by atoms with E-state index in [1.807, 2.05) is 84.9 Å². The molecule has 3 aromatic carbocycles. The van der Waals surface area contributed by atoms with Crippen molar-refractivity contribution in [1.29, 1.82) is 0 Å². The van der Waals surface area contributed by atoms with E-state index in [0.717, 1.165) is 22.4 Å². The minimum atomic E-state index is 0.551. The zero-order valence-electron chi connectivity index (χ0n) is 14.6. The van der Waals surface area contributed by atoms with Crippen LogP contribution in [0.1, 0.15) is 11.1 Å². The van der Waals surface area contributed by atoms with Gasteiger partial charge in [-0.15, -0.1) is 10.2 Å². The molecular formula is C22H18N4O. The van der Waals surface area contributed by atoms with Gasteiger partial charge in [0.05, 0.1) is 6.21 Å². The molecule has 0 aliphatic carbocycles. The van der Waals surface area contributed by atoms with Crippen molar-refractivity contribution in [2.45, 2.75) is 6.61 Å². The second-order valence-electron chi connectivity index (χ2n) is 5.95. The van der Waals surface area contributed by atoms with Crippen molar-refractivity contribution in [3.8, 4) is 17.1 Å². The summed E-state index contributed by atoms with van der Waals surface area (Å²) in [5.74, 6) is 1.53. The van der Waals surface area contributed by atoms with Gasteiger partial charge in [-0.05, 0) is 35.4 Å². The summed E-state index contributed by atoms with van der Waals surface area (Å²) in [6, 6.07) is 27.8. The first kappa shape index (κ1) is 16.7. The Morgan fingerprint density at radius 1 is 0.852 bits per heavy atom. The second kappa shape index (κ2) is 8.10. The Bertz CT molecular complexity index is 1010. The summed E-state index contributed by atoms with van der Waals surface area (Å²) >= 11 is 0. The van der Waals surface area contributed by atoms with Crippen LogP contribution in [0.4, 0.5) is 0 Å². The highest BCUT2D eigenvalue weighted by atomic mass is 16.5. The monoisotopic (exact) mass is 354 g/mol. The van der Waals surface area contributed by atoms with Gasteiger partial charge < -0.3 is 4.74 Å². The van der Waals surface area contributed by atoms with Crippen molar-refractivity contribution in [2.24, 2.45) is 5.10 Å². The lowest BCUT2D eigenvalue weighted by Gasteiger charge is -2.06. The van der Waals surface area contributed by atoms with Crippen molar-refractivity contribution in [2.75, 3.05) is 0 Å². The van der Waals surface area contributed by atoms with Crippen LogP contribution in [0.5, 0.6) is 5.75 Å². The molecule has 5 nitrogen and oxygen atoms in total. The third-order valence-electron chi connectivity index (χ3n) is 4.02. The van der Waals surface area contributed by atoms with Crippen molar-refractivity contribution in [3.63, 3.8) is 0 Å². The summed E-state index contributed by atoms with van der Waals surface area (Å²) < 4.78 is 7.47. The Labute approximate surface area is 157 Å². The molecule has 4 aromatic rings. The van der Waals surface area contributed by atoms with E-state index in [4.69, 9.17) is 4.74 Å². The predicted octanol–water partition coefficient (Wildman–Crippen LogP) is 4.41. The van der Waals surface area contributed by atoms with E-state index in [1.54, 1.807) is 17.2 Å². The summed E-state index contributed by atoms with van der Waals surface area (Å²) in [6.07, 6.45) is 3.37. The Balaban J connectivity index is 1.42. The number of aromatic nitrogens is 3. The van der Waals surface area contributed by atoms with Gasteiger partial charge >= 0.3 is 0 Å². The first-order chi connectivity index (χ1) is 13.4. The first-order valence-electron chi connectivity index (χ1n) is 8.65. The van der Waals surface area contributed by atoms with Crippen LogP contribution in [-0.4, -0.2) is 21.1 Å². The average Bonchev–Trinajstić information content (AvgIpc) is 3.21. The van der Waals surface area contributed by atoms with E-state index in [0.29, 0.717) is 12.4 Å². The molecule has 5 heteroatoms. The van der Waals surface area contributed by atoms with Crippen LogP contribution >= 0.6 is 0 Å². The molecule has 0 spiro atoms. The third-order valence-corrected chi connectivity index (χ3v) is 4.02. The van der Waals surface area contributed by atoms with Gasteiger partial charge in [0.1, 0.15) is 18.7 Å². The zero-order valence-corrected chi connectivity index (χ0v) is 14.6. The molecular weight excluding hydrogens is 336 g/mol. The number of hydrogen-bond acceptors (Lipinski definition) is 4. The Kier molecular flexibility index (Phi) is 5.02. The van der Waals surface area contributed by atoms with Crippen LogP contribution < -0.4 is 4.74 Å². The molecule has 0 unspecified atom stereocenters. The molecule has 0 saturated carbocycles. The summed E-state index contributed by atoms with van der Waals surface area (Å²) in [5, 5.41) is 12.6. The van der Waals surface area contributed by atoms with Gasteiger partial charge in [-0.3, -0.25) is 0 Å². The number of hydrogen-bond donors (Lipinski definition) is 0. The van der Waals surface area contributed by atoms with Crippen molar-refractivity contribution >= 4 is 6.21 Å². The van der Waals surface area contributed by atoms with Crippen molar-refractivity contribution in [3.05, 3.63) is 102 Å². The van der Waals surface area contributed by atoms with E-state index < -0.39 is 0 Å². The van der Waals surface area contributed by atoms with Gasteiger partial charge in [0.25, 0.3) is 0 Å². The van der Waals surface area contributed by atoms with Crippen molar-refractivity contribution in [1.82, 2.24) is 14.9 Å². The number of ether oxygens (including phenoxy) is 1. The normalized spacial score (nSPS) is 11.0. The molecule has 0 N–H and O–H groups in total. The van der Waals surface area contributed by atoms with E-state index in [-0.39, 0.29) is 0 Å². The van der Waals surface area contributed by atoms with Crippen LogP contribution in [0, 0.1) is 0 Å². The molecule has 4 rings (SSSR count). The number of rotatable bonds is 6. The van der Waals surface area contributed by atoms with Crippen LogP contribution in [0.25, 0.3) is 11.4 Å². The topological polar surface area (TPSA) is 52.3 Å². The maximum atomic E-state index is 5.80. The second-order valence-corrected chi connectivity index (χ2v) is 5.95. The largest absolute Gasteiger partial charge is 0.489 e. The molecule has 0 aliphatic rings. The zero-order chi connectivity index (χ0) is 18.3. The number of benzene rings is 3. The van der Waals surface area contributed by atoms with Crippen LogP contribution in [0.3, 0.4) is 0 Å². The molecule has 0 fully saturated rings. The molecule has 132 valence electrons. The fourth-order valence-electron chi connectivity index (χ4n) is 2.61. The molecule has 1 aromatic heterocycles. The maximum absolute atomic E-state index is 5.80. The van der Waals surface area contributed by atoms with E-state index in [2.05, 4.69) is 15.3 Å². The minimum Gasteiger partial charge on any atom is -0.489 e. The summed E-state index contributed by atoms with van der Waals surface area (Å²) in [6.45, 7) is 0.551. The van der Waals surface area contributed by atoms with E-state index >= 15 is 0 Å². The van der Waals surface area contributed by atoms with Crippen molar-refractivity contribution < 1.29 is 4.74 Å². The number of nitrogens with zero attached hydrogens (tertiary/aromatic N) is 4. The summed E-state index contributed by atoms with van der Waals surface area (Å²) in [4.78, 5) is 0. The van der Waals surface area contributed by atoms with Gasteiger partial charge in [0.15, 0.2) is 5.82 Å². The van der Waals surface area contributed by atoms with E-state index in [1.165, 1.54) is 0 Å². The molecule has 27 heavy (non-hydrogen) atoms. The third kappa shape index (κ3) is 4.27. The average molecular weight is 354 g/mol. The van der Waals surface area contributed by atoms with Gasteiger partial charge in [-0.25, -0.2) is 0 Å². The van der Waals surface area contributed by atoms with Gasteiger partial charge in [-0.1, -0.05) is 60.7 Å². The van der Waals surface area contributed by atoms with Crippen LogP contribution in [0.15, 0.2) is 96.4 Å². The lowest BCUT2D eigenvalue weighted by Crippen LogP contribution is -1.96. The molecule has 0 saturated heterocycles. The highest BCUT2D eigenvalue weighted by Crippen LogP contribution is 2.16. The minimum absolute atomic E-state index is 0.551. The lowest BCUT2D eigenvalue weighted by atomic mass is 10.2. The first-order valence-corrected chi connectivity index (χ1v) is 8.65. The van der Waals surface area contributed by atoms with Gasteiger partial charge in [0, 0.05) is 5.56 Å². The predicted molar refractivity (Wildman–Crippen MR) is 106 cm³/mol. The Morgan fingerprint density at radius 2 is 1.56 bits per heavy atom. The maximum Gasteiger partial charge on any atom is 0.184 e. The SMILES string of the molecule is C(=N/n1cnnc1-c1ccccc1)/c1ccc(OCc2ccccc2)cc1. The molecule has 0 bridgehead atoms. The fourth-order valence-corrected chi connectivity index (χ4v) is 2.61. The van der Waals surface area contributed by atoms with Crippen LogP contribution in [0.2, 0.25) is 0 Å². The highest BCUT2D eigenvalue weighted by Gasteiger charge is 2.05. The molecule has 1 heterocycles. The highest BCUT2D eigenvalue weighted by molar-refractivity contribution is 5.79.